The number of carbonyl (C=O) groups excluding carboxylic acids is 1. The summed E-state index contributed by atoms with van der Waals surface area (Å²) in [6.45, 7) is 0.497. The molecule has 94 valence electrons. The number of primary amides is 1. The van der Waals surface area contributed by atoms with Crippen LogP contribution in [0.5, 0.6) is 0 Å². The maximum Gasteiger partial charge on any atom is 0.252 e. The van der Waals surface area contributed by atoms with Gasteiger partial charge in [0.05, 0.1) is 17.4 Å². The van der Waals surface area contributed by atoms with Gasteiger partial charge in [-0.15, -0.1) is 0 Å². The zero-order chi connectivity index (χ0) is 13.0. The van der Waals surface area contributed by atoms with Gasteiger partial charge in [-0.1, -0.05) is 5.16 Å². The molecular formula is C10H12N6O2. The monoisotopic (exact) mass is 248 g/mol. The summed E-state index contributed by atoms with van der Waals surface area (Å²) >= 11 is 0. The van der Waals surface area contributed by atoms with Gasteiger partial charge in [0.15, 0.2) is 5.82 Å². The first kappa shape index (κ1) is 11.8. The minimum absolute atomic E-state index is 0.253. The highest BCUT2D eigenvalue weighted by Crippen LogP contribution is 2.14. The first-order chi connectivity index (χ1) is 8.66. The third kappa shape index (κ3) is 2.73. The lowest BCUT2D eigenvalue weighted by Crippen LogP contribution is -2.17. The molecule has 0 atom stereocenters. The molecule has 0 aliphatic heterocycles. The van der Waals surface area contributed by atoms with Gasteiger partial charge in [0.25, 0.3) is 5.91 Å². The second-order valence-corrected chi connectivity index (χ2v) is 3.55. The molecule has 2 aromatic rings. The molecule has 0 spiro atoms. The number of pyridine rings is 1. The van der Waals surface area contributed by atoms with E-state index in [1.54, 1.807) is 0 Å². The van der Waals surface area contributed by atoms with Gasteiger partial charge in [-0.25, -0.2) is 4.98 Å². The quantitative estimate of drug-likeness (QED) is 0.667. The molecule has 0 aliphatic carbocycles. The van der Waals surface area contributed by atoms with Crippen molar-refractivity contribution >= 4 is 17.4 Å². The van der Waals surface area contributed by atoms with E-state index in [1.165, 1.54) is 18.7 Å². The molecule has 0 aliphatic rings. The molecule has 0 saturated carbocycles. The number of nitrogens with zero attached hydrogens (tertiary/aromatic N) is 3. The minimum atomic E-state index is -0.586. The van der Waals surface area contributed by atoms with E-state index in [-0.39, 0.29) is 5.56 Å². The van der Waals surface area contributed by atoms with E-state index < -0.39 is 5.91 Å². The summed E-state index contributed by atoms with van der Waals surface area (Å²) in [6.07, 6.45) is 3.25. The lowest BCUT2D eigenvalue weighted by molar-refractivity contribution is 0.100. The van der Waals surface area contributed by atoms with E-state index in [0.29, 0.717) is 30.3 Å². The highest BCUT2D eigenvalue weighted by molar-refractivity contribution is 5.98. The summed E-state index contributed by atoms with van der Waals surface area (Å²) in [7, 11) is 0. The molecule has 18 heavy (non-hydrogen) atoms. The van der Waals surface area contributed by atoms with Crippen molar-refractivity contribution in [2.24, 2.45) is 5.73 Å². The Morgan fingerprint density at radius 2 is 2.28 bits per heavy atom. The van der Waals surface area contributed by atoms with Crippen LogP contribution in [0.15, 0.2) is 23.2 Å². The molecule has 1 amide bonds. The van der Waals surface area contributed by atoms with Crippen molar-refractivity contribution in [1.82, 2.24) is 15.1 Å². The summed E-state index contributed by atoms with van der Waals surface area (Å²) in [6, 6.07) is 1.48. The molecule has 0 fully saturated rings. The fourth-order valence-corrected chi connectivity index (χ4v) is 1.40. The molecular weight excluding hydrogens is 236 g/mol. The van der Waals surface area contributed by atoms with Gasteiger partial charge in [0, 0.05) is 13.0 Å². The Balaban J connectivity index is 2.02. The van der Waals surface area contributed by atoms with Gasteiger partial charge >= 0.3 is 0 Å². The first-order valence-electron chi connectivity index (χ1n) is 5.21. The van der Waals surface area contributed by atoms with Crippen LogP contribution in [0.4, 0.5) is 11.5 Å². The number of amides is 1. The lowest BCUT2D eigenvalue weighted by Gasteiger charge is -2.08. The van der Waals surface area contributed by atoms with Crippen molar-refractivity contribution in [2.75, 3.05) is 17.6 Å². The SMILES string of the molecule is NC(=O)c1cc(N)cnc1NCCc1ncon1. The second-order valence-electron chi connectivity index (χ2n) is 3.55. The minimum Gasteiger partial charge on any atom is -0.397 e. The van der Waals surface area contributed by atoms with Gasteiger partial charge in [-0.3, -0.25) is 4.79 Å². The van der Waals surface area contributed by atoms with Crippen LogP contribution in [0, 0.1) is 0 Å². The Morgan fingerprint density at radius 1 is 1.44 bits per heavy atom. The average Bonchev–Trinajstić information content (AvgIpc) is 2.84. The molecule has 5 N–H and O–H groups in total. The third-order valence-corrected chi connectivity index (χ3v) is 2.22. The maximum atomic E-state index is 11.2. The zero-order valence-electron chi connectivity index (χ0n) is 9.46. The molecule has 2 aromatic heterocycles. The molecule has 2 heterocycles. The van der Waals surface area contributed by atoms with Crippen LogP contribution in [0.3, 0.4) is 0 Å². The lowest BCUT2D eigenvalue weighted by atomic mass is 10.2. The Bertz CT molecular complexity index is 539. The third-order valence-electron chi connectivity index (χ3n) is 2.22. The number of hydrogen-bond donors (Lipinski definition) is 3. The Kier molecular flexibility index (Phi) is 3.37. The van der Waals surface area contributed by atoms with Crippen molar-refractivity contribution in [3.63, 3.8) is 0 Å². The molecule has 8 nitrogen and oxygen atoms in total. The number of carbonyl (C=O) groups is 1. The molecule has 0 saturated heterocycles. The van der Waals surface area contributed by atoms with E-state index in [4.69, 9.17) is 11.5 Å². The standard InChI is InChI=1S/C10H12N6O2/c11-6-3-7(9(12)17)10(14-4-6)13-2-1-8-15-5-18-16-8/h3-5H,1-2,11H2,(H2,12,17)(H,13,14). The van der Waals surface area contributed by atoms with Crippen LogP contribution in [-0.2, 0) is 6.42 Å². The fourth-order valence-electron chi connectivity index (χ4n) is 1.40. The molecule has 0 aromatic carbocycles. The van der Waals surface area contributed by atoms with Crippen LogP contribution in [0.2, 0.25) is 0 Å². The van der Waals surface area contributed by atoms with Crippen molar-refractivity contribution in [3.05, 3.63) is 30.0 Å². The Morgan fingerprint density at radius 3 is 2.94 bits per heavy atom. The average molecular weight is 248 g/mol. The topological polar surface area (TPSA) is 133 Å². The summed E-state index contributed by atoms with van der Waals surface area (Å²) in [5.74, 6) is 0.371. The van der Waals surface area contributed by atoms with Gasteiger partial charge in [-0.2, -0.15) is 4.98 Å². The summed E-state index contributed by atoms with van der Waals surface area (Å²) in [4.78, 5) is 19.1. The number of nitrogens with one attached hydrogen (secondary N) is 1. The van der Waals surface area contributed by atoms with Gasteiger partial charge in [-0.05, 0) is 6.07 Å². The number of rotatable bonds is 5. The highest BCUT2D eigenvalue weighted by atomic mass is 16.5. The number of aromatic nitrogens is 3. The van der Waals surface area contributed by atoms with Crippen molar-refractivity contribution in [3.8, 4) is 0 Å². The molecule has 0 radical (unpaired) electrons. The van der Waals surface area contributed by atoms with Gasteiger partial charge < -0.3 is 21.3 Å². The van der Waals surface area contributed by atoms with Gasteiger partial charge in [0.1, 0.15) is 5.82 Å². The van der Waals surface area contributed by atoms with E-state index in [2.05, 4.69) is 25.0 Å². The molecule has 0 bridgehead atoms. The van der Waals surface area contributed by atoms with E-state index in [0.717, 1.165) is 0 Å². The van der Waals surface area contributed by atoms with Crippen LogP contribution in [0.25, 0.3) is 0 Å². The molecule has 8 heteroatoms. The summed E-state index contributed by atoms with van der Waals surface area (Å²) in [5, 5.41) is 6.63. The smallest absolute Gasteiger partial charge is 0.252 e. The van der Waals surface area contributed by atoms with Crippen LogP contribution in [0.1, 0.15) is 16.2 Å². The van der Waals surface area contributed by atoms with Crippen molar-refractivity contribution in [2.45, 2.75) is 6.42 Å². The van der Waals surface area contributed by atoms with E-state index >= 15 is 0 Å². The number of nitrogen functional groups attached to an aromatic ring is 1. The van der Waals surface area contributed by atoms with Crippen molar-refractivity contribution in [1.29, 1.82) is 0 Å². The Labute approximate surface area is 102 Å². The summed E-state index contributed by atoms with van der Waals surface area (Å²) < 4.78 is 4.60. The second kappa shape index (κ2) is 5.13. The number of nitrogens with two attached hydrogens (primary N) is 2. The predicted octanol–water partition coefficient (Wildman–Crippen LogP) is -0.200. The first-order valence-corrected chi connectivity index (χ1v) is 5.21. The summed E-state index contributed by atoms with van der Waals surface area (Å²) in [5.41, 5.74) is 11.4. The molecule has 0 unspecified atom stereocenters. The van der Waals surface area contributed by atoms with E-state index in [9.17, 15) is 4.79 Å². The highest BCUT2D eigenvalue weighted by Gasteiger charge is 2.10. The van der Waals surface area contributed by atoms with Crippen LogP contribution in [-0.4, -0.2) is 27.6 Å². The van der Waals surface area contributed by atoms with Crippen LogP contribution < -0.4 is 16.8 Å². The van der Waals surface area contributed by atoms with Crippen molar-refractivity contribution < 1.29 is 9.32 Å². The van der Waals surface area contributed by atoms with Gasteiger partial charge in [0.2, 0.25) is 6.39 Å². The normalized spacial score (nSPS) is 10.2. The number of anilines is 2. The maximum absolute atomic E-state index is 11.2. The molecule has 2 rings (SSSR count). The van der Waals surface area contributed by atoms with E-state index in [1.807, 2.05) is 0 Å². The van der Waals surface area contributed by atoms with Crippen LogP contribution >= 0.6 is 0 Å². The largest absolute Gasteiger partial charge is 0.397 e. The zero-order valence-corrected chi connectivity index (χ0v) is 9.46. The Hall–Kier alpha value is -2.64. The number of hydrogen-bond acceptors (Lipinski definition) is 7. The predicted molar refractivity (Wildman–Crippen MR) is 63.7 cm³/mol. The fraction of sp³-hybridized carbons (Fsp3) is 0.200.